The fourth-order valence-corrected chi connectivity index (χ4v) is 7.09. The van der Waals surface area contributed by atoms with Crippen LogP contribution in [0.2, 0.25) is 0 Å². The lowest BCUT2D eigenvalue weighted by molar-refractivity contribution is -0.122. The van der Waals surface area contributed by atoms with Gasteiger partial charge in [-0.15, -0.1) is 0 Å². The first kappa shape index (κ1) is 18.7. The molecule has 2 heterocycles. The van der Waals surface area contributed by atoms with Gasteiger partial charge >= 0.3 is 0 Å². The van der Waals surface area contributed by atoms with Crippen molar-refractivity contribution in [1.82, 2.24) is 5.32 Å². The number of thioether (sulfide) groups is 1. The predicted molar refractivity (Wildman–Crippen MR) is 100 cm³/mol. The van der Waals surface area contributed by atoms with Crippen LogP contribution in [0, 0.1) is 5.92 Å². The number of rotatable bonds is 5. The molecule has 138 valence electrons. The molecule has 3 rings (SSSR count). The Labute approximate surface area is 150 Å². The molecule has 0 spiro atoms. The van der Waals surface area contributed by atoms with Crippen LogP contribution in [-0.2, 0) is 14.6 Å². The largest absolute Gasteiger partial charge is 0.304 e. The summed E-state index contributed by atoms with van der Waals surface area (Å²) >= 11 is 1.96. The molecular formula is C18H31NO3S2. The summed E-state index contributed by atoms with van der Waals surface area (Å²) in [6.45, 7) is 0. The maximum Gasteiger partial charge on any atom is 0.150 e. The van der Waals surface area contributed by atoms with Crippen molar-refractivity contribution in [3.05, 3.63) is 0 Å². The highest BCUT2D eigenvalue weighted by Crippen LogP contribution is 2.34. The molecule has 24 heavy (non-hydrogen) atoms. The minimum absolute atomic E-state index is 0.0394. The Bertz CT molecular complexity index is 534. The van der Waals surface area contributed by atoms with E-state index < -0.39 is 9.84 Å². The van der Waals surface area contributed by atoms with E-state index in [0.29, 0.717) is 23.0 Å². The number of nitrogens with one attached hydrogen (secondary N) is 1. The van der Waals surface area contributed by atoms with Crippen molar-refractivity contribution in [2.24, 2.45) is 5.92 Å². The highest BCUT2D eigenvalue weighted by molar-refractivity contribution is 8.00. The zero-order valence-electron chi connectivity index (χ0n) is 14.7. The van der Waals surface area contributed by atoms with E-state index in [1.54, 1.807) is 0 Å². The quantitative estimate of drug-likeness (QED) is 0.803. The Balaban J connectivity index is 1.49. The van der Waals surface area contributed by atoms with E-state index in [2.05, 4.69) is 5.32 Å². The van der Waals surface area contributed by atoms with E-state index >= 15 is 0 Å². The molecule has 3 fully saturated rings. The normalized spacial score (nSPS) is 38.1. The molecule has 1 N–H and O–H groups in total. The Morgan fingerprint density at radius 1 is 1.04 bits per heavy atom. The first-order chi connectivity index (χ1) is 11.4. The molecule has 3 aliphatic rings. The SMILES string of the molecule is CS(=O)(=O)C1CCC(C2CCCC(C(=O)CC3CCCS3)N2)CC1. The number of piperidine rings is 1. The van der Waals surface area contributed by atoms with Gasteiger partial charge in [-0.2, -0.15) is 11.8 Å². The molecule has 1 aliphatic carbocycles. The van der Waals surface area contributed by atoms with E-state index in [-0.39, 0.29) is 11.3 Å². The lowest BCUT2D eigenvalue weighted by Gasteiger charge is -2.38. The summed E-state index contributed by atoms with van der Waals surface area (Å²) in [6.07, 6.45) is 11.3. The van der Waals surface area contributed by atoms with Crippen LogP contribution < -0.4 is 5.32 Å². The maximum atomic E-state index is 12.6. The van der Waals surface area contributed by atoms with Crippen LogP contribution in [0.4, 0.5) is 0 Å². The van der Waals surface area contributed by atoms with Crippen LogP contribution in [0.15, 0.2) is 0 Å². The van der Waals surface area contributed by atoms with Gasteiger partial charge in [-0.3, -0.25) is 4.79 Å². The number of ketones is 1. The Morgan fingerprint density at radius 2 is 1.79 bits per heavy atom. The van der Waals surface area contributed by atoms with Crippen LogP contribution in [0.25, 0.3) is 0 Å². The number of Topliss-reactive ketones (excluding diaryl/α,β-unsaturated/α-hetero) is 1. The zero-order valence-corrected chi connectivity index (χ0v) is 16.3. The molecule has 1 saturated carbocycles. The predicted octanol–water partition coefficient (Wildman–Crippen LogP) is 2.96. The first-order valence-electron chi connectivity index (χ1n) is 9.52. The molecule has 0 aromatic rings. The first-order valence-corrected chi connectivity index (χ1v) is 12.5. The lowest BCUT2D eigenvalue weighted by atomic mass is 9.79. The average Bonchev–Trinajstić information content (AvgIpc) is 3.07. The van der Waals surface area contributed by atoms with Gasteiger partial charge in [0.25, 0.3) is 0 Å². The van der Waals surface area contributed by atoms with E-state index in [9.17, 15) is 13.2 Å². The molecule has 0 radical (unpaired) electrons. The Hall–Kier alpha value is -0.0700. The van der Waals surface area contributed by atoms with E-state index in [1.807, 2.05) is 11.8 Å². The second-order valence-electron chi connectivity index (χ2n) is 7.93. The van der Waals surface area contributed by atoms with Gasteiger partial charge in [-0.05, 0) is 69.5 Å². The number of hydrogen-bond donors (Lipinski definition) is 1. The average molecular weight is 374 g/mol. The van der Waals surface area contributed by atoms with Crippen molar-refractivity contribution >= 4 is 27.4 Å². The zero-order chi connectivity index (χ0) is 17.2. The third-order valence-electron chi connectivity index (χ3n) is 6.16. The van der Waals surface area contributed by atoms with Crippen LogP contribution >= 0.6 is 11.8 Å². The van der Waals surface area contributed by atoms with Gasteiger partial charge in [0.2, 0.25) is 0 Å². The molecule has 4 nitrogen and oxygen atoms in total. The van der Waals surface area contributed by atoms with Crippen molar-refractivity contribution in [1.29, 1.82) is 0 Å². The van der Waals surface area contributed by atoms with Gasteiger partial charge in [0, 0.05) is 24.0 Å². The molecule has 0 bridgehead atoms. The Morgan fingerprint density at radius 3 is 2.42 bits per heavy atom. The summed E-state index contributed by atoms with van der Waals surface area (Å²) in [5.41, 5.74) is 0. The third kappa shape index (κ3) is 4.76. The Kier molecular flexibility index (Phi) is 6.30. The monoisotopic (exact) mass is 373 g/mol. The number of carbonyl (C=O) groups excluding carboxylic acids is 1. The third-order valence-corrected chi connectivity index (χ3v) is 9.24. The highest BCUT2D eigenvalue weighted by atomic mass is 32.2. The maximum absolute atomic E-state index is 12.6. The number of carbonyl (C=O) groups is 1. The van der Waals surface area contributed by atoms with Crippen LogP contribution in [0.5, 0.6) is 0 Å². The van der Waals surface area contributed by atoms with Gasteiger partial charge in [0.15, 0.2) is 5.78 Å². The van der Waals surface area contributed by atoms with Crippen molar-refractivity contribution in [3.8, 4) is 0 Å². The van der Waals surface area contributed by atoms with Crippen LogP contribution in [0.3, 0.4) is 0 Å². The molecule has 0 aromatic carbocycles. The fraction of sp³-hybridized carbons (Fsp3) is 0.944. The van der Waals surface area contributed by atoms with Crippen molar-refractivity contribution in [2.45, 2.75) is 86.8 Å². The summed E-state index contributed by atoms with van der Waals surface area (Å²) in [5.74, 6) is 2.16. The summed E-state index contributed by atoms with van der Waals surface area (Å²) in [6, 6.07) is 0.446. The number of hydrogen-bond acceptors (Lipinski definition) is 5. The molecule has 0 aromatic heterocycles. The number of sulfone groups is 1. The fourth-order valence-electron chi connectivity index (χ4n) is 4.68. The lowest BCUT2D eigenvalue weighted by Crippen LogP contribution is -2.51. The molecule has 3 unspecified atom stereocenters. The van der Waals surface area contributed by atoms with E-state index in [1.165, 1.54) is 24.9 Å². The summed E-state index contributed by atoms with van der Waals surface area (Å²) in [5, 5.41) is 4.04. The summed E-state index contributed by atoms with van der Waals surface area (Å²) in [4.78, 5) is 12.6. The molecule has 2 aliphatic heterocycles. The van der Waals surface area contributed by atoms with Gasteiger partial charge < -0.3 is 5.32 Å². The smallest absolute Gasteiger partial charge is 0.150 e. The minimum atomic E-state index is -2.89. The van der Waals surface area contributed by atoms with E-state index in [0.717, 1.165) is 51.4 Å². The topological polar surface area (TPSA) is 63.2 Å². The molecule has 6 heteroatoms. The van der Waals surface area contributed by atoms with Crippen LogP contribution in [-0.4, -0.2) is 48.8 Å². The van der Waals surface area contributed by atoms with Gasteiger partial charge in [0.05, 0.1) is 11.3 Å². The second-order valence-corrected chi connectivity index (χ2v) is 11.7. The molecular weight excluding hydrogens is 342 g/mol. The van der Waals surface area contributed by atoms with Crippen molar-refractivity contribution in [3.63, 3.8) is 0 Å². The van der Waals surface area contributed by atoms with Crippen molar-refractivity contribution in [2.75, 3.05) is 12.0 Å². The molecule has 2 saturated heterocycles. The van der Waals surface area contributed by atoms with Crippen LogP contribution in [0.1, 0.15) is 64.2 Å². The molecule has 3 atom stereocenters. The van der Waals surface area contributed by atoms with Gasteiger partial charge in [-0.25, -0.2) is 8.42 Å². The second kappa shape index (κ2) is 8.09. The van der Waals surface area contributed by atoms with Gasteiger partial charge in [0.1, 0.15) is 9.84 Å². The highest BCUT2D eigenvalue weighted by Gasteiger charge is 2.35. The van der Waals surface area contributed by atoms with E-state index in [4.69, 9.17) is 0 Å². The molecule has 0 amide bonds. The van der Waals surface area contributed by atoms with Gasteiger partial charge in [-0.1, -0.05) is 0 Å². The van der Waals surface area contributed by atoms with Crippen molar-refractivity contribution < 1.29 is 13.2 Å². The minimum Gasteiger partial charge on any atom is -0.304 e. The summed E-state index contributed by atoms with van der Waals surface area (Å²) in [7, 11) is -2.89. The standard InChI is InChI=1S/C18H31NO3S2/c1-24(21,22)15-9-7-13(8-10-15)16-5-2-6-17(19-16)18(20)12-14-4-3-11-23-14/h13-17,19H,2-12H2,1H3. The summed E-state index contributed by atoms with van der Waals surface area (Å²) < 4.78 is 23.4.